The van der Waals surface area contributed by atoms with Gasteiger partial charge in [-0.15, -0.1) is 0 Å². The minimum absolute atomic E-state index is 0.0684. The van der Waals surface area contributed by atoms with Crippen LogP contribution in [0.5, 0.6) is 11.5 Å². The largest absolute Gasteiger partial charge is 0.493 e. The molecule has 15 heteroatoms. The van der Waals surface area contributed by atoms with E-state index in [1.165, 1.54) is 11.7 Å². The van der Waals surface area contributed by atoms with Crippen LogP contribution in [0.25, 0.3) is 10.9 Å². The summed E-state index contributed by atoms with van der Waals surface area (Å²) in [7, 11) is 6.71. The Bertz CT molecular complexity index is 2330. The lowest BCUT2D eigenvalue weighted by Crippen LogP contribution is -2.35. The van der Waals surface area contributed by atoms with Crippen LogP contribution >= 0.6 is 0 Å². The lowest BCUT2D eigenvalue weighted by atomic mass is 10.1. The molecule has 53 heavy (non-hydrogen) atoms. The molecule has 2 aliphatic rings. The van der Waals surface area contributed by atoms with Crippen molar-refractivity contribution < 1.29 is 28.7 Å². The van der Waals surface area contributed by atoms with E-state index in [1.54, 1.807) is 71.1 Å². The molecule has 1 fully saturated rings. The number of ether oxygens (including phenoxy) is 2. The summed E-state index contributed by atoms with van der Waals surface area (Å²) < 4.78 is 16.2. The molecule has 272 valence electrons. The van der Waals surface area contributed by atoms with E-state index < -0.39 is 5.91 Å². The number of aromatic nitrogens is 4. The normalized spacial score (nSPS) is 14.9. The van der Waals surface area contributed by atoms with E-state index in [9.17, 15) is 19.2 Å². The third kappa shape index (κ3) is 6.88. The molecular formula is C38H39N9O6. The Hall–Kier alpha value is -6.64. The van der Waals surface area contributed by atoms with Crippen LogP contribution in [0, 0.1) is 0 Å². The summed E-state index contributed by atoms with van der Waals surface area (Å²) >= 11 is 0. The molecule has 0 spiro atoms. The van der Waals surface area contributed by atoms with Crippen molar-refractivity contribution in [2.45, 2.75) is 25.3 Å². The van der Waals surface area contributed by atoms with E-state index in [0.29, 0.717) is 53.5 Å². The number of hydrogen-bond donors (Lipinski definition) is 3. The number of imidazole rings is 1. The molecule has 2 aliphatic heterocycles. The van der Waals surface area contributed by atoms with Crippen LogP contribution in [0.15, 0.2) is 78.2 Å². The van der Waals surface area contributed by atoms with Gasteiger partial charge in [-0.2, -0.15) is 0 Å². The zero-order valence-electron chi connectivity index (χ0n) is 29.8. The van der Waals surface area contributed by atoms with Gasteiger partial charge in [-0.1, -0.05) is 12.2 Å². The number of carbonyl (C=O) groups excluding carboxylic acids is 4. The molecule has 1 atom stereocenters. The van der Waals surface area contributed by atoms with E-state index in [2.05, 4.69) is 32.5 Å². The number of aryl methyl sites for hydroxylation is 2. The Morgan fingerprint density at radius 1 is 1.00 bits per heavy atom. The van der Waals surface area contributed by atoms with E-state index >= 15 is 0 Å². The maximum absolute atomic E-state index is 13.5. The molecule has 3 N–H and O–H groups in total. The van der Waals surface area contributed by atoms with Crippen LogP contribution in [-0.4, -0.2) is 86.8 Å². The molecule has 2 aromatic carbocycles. The first-order valence-electron chi connectivity index (χ1n) is 17.0. The number of hydrogen-bond acceptors (Lipinski definition) is 9. The fourth-order valence-corrected chi connectivity index (χ4v) is 6.59. The van der Waals surface area contributed by atoms with Gasteiger partial charge < -0.3 is 39.5 Å². The van der Waals surface area contributed by atoms with E-state index in [4.69, 9.17) is 9.47 Å². The van der Waals surface area contributed by atoms with Crippen LogP contribution in [-0.2, 0) is 18.9 Å². The molecule has 0 radical (unpaired) electrons. The van der Waals surface area contributed by atoms with Crippen molar-refractivity contribution >= 4 is 63.6 Å². The molecule has 15 nitrogen and oxygen atoms in total. The summed E-state index contributed by atoms with van der Waals surface area (Å²) in [4.78, 5) is 63.3. The summed E-state index contributed by atoms with van der Waals surface area (Å²) in [6, 6.07) is 12.4. The number of nitrogens with one attached hydrogen (secondary N) is 3. The molecule has 5 heterocycles. The topological polar surface area (TPSA) is 166 Å². The van der Waals surface area contributed by atoms with Crippen molar-refractivity contribution in [1.82, 2.24) is 23.6 Å². The van der Waals surface area contributed by atoms with Crippen molar-refractivity contribution in [2.24, 2.45) is 19.1 Å². The standard InChI is InChI=1S/C38H39N9O6/c1-22-13-26-18-40-28-17-32(31(52-5)16-27(28)37(50)47(26)19-22)53-12-6-7-34(48)42-33-21-45(4)35(43-33)36(49)41-25-15-30(44(3)20-25)38(51)46-11-10-23-14-24(39-2)8-9-29(23)46/h8-11,14-18,20-21,26,39H,1,6-7,12-13,19H2,2-5H3,(H,41,49)(H,42,48)/t26-/m0/s1. The van der Waals surface area contributed by atoms with Gasteiger partial charge in [0, 0.05) is 76.1 Å². The summed E-state index contributed by atoms with van der Waals surface area (Å²) in [5.74, 6) is -0.109. The van der Waals surface area contributed by atoms with Gasteiger partial charge >= 0.3 is 0 Å². The first-order valence-corrected chi connectivity index (χ1v) is 17.0. The van der Waals surface area contributed by atoms with Crippen LogP contribution in [0.3, 0.4) is 0 Å². The molecule has 7 rings (SSSR count). The number of rotatable bonds is 11. The van der Waals surface area contributed by atoms with Gasteiger partial charge in [-0.25, -0.2) is 4.98 Å². The minimum Gasteiger partial charge on any atom is -0.493 e. The van der Waals surface area contributed by atoms with E-state index in [-0.39, 0.29) is 48.4 Å². The van der Waals surface area contributed by atoms with Gasteiger partial charge in [0.05, 0.1) is 42.2 Å². The van der Waals surface area contributed by atoms with Crippen LogP contribution in [0.2, 0.25) is 0 Å². The predicted molar refractivity (Wildman–Crippen MR) is 201 cm³/mol. The zero-order chi connectivity index (χ0) is 37.4. The van der Waals surface area contributed by atoms with Gasteiger partial charge in [0.25, 0.3) is 17.7 Å². The van der Waals surface area contributed by atoms with E-state index in [0.717, 1.165) is 22.2 Å². The third-order valence-electron chi connectivity index (χ3n) is 9.28. The molecule has 5 aromatic rings. The Morgan fingerprint density at radius 3 is 2.62 bits per heavy atom. The smallest absolute Gasteiger partial charge is 0.291 e. The van der Waals surface area contributed by atoms with Crippen molar-refractivity contribution in [2.75, 3.05) is 43.3 Å². The number of fused-ring (bicyclic) bond motifs is 3. The van der Waals surface area contributed by atoms with E-state index in [1.807, 2.05) is 31.3 Å². The summed E-state index contributed by atoms with van der Waals surface area (Å²) in [6.07, 6.45) is 7.86. The number of aliphatic imine (C=N–C) groups is 1. The Balaban J connectivity index is 0.930. The summed E-state index contributed by atoms with van der Waals surface area (Å²) in [5.41, 5.74) is 4.41. The van der Waals surface area contributed by atoms with Crippen LogP contribution in [0.4, 0.5) is 22.9 Å². The average molecular weight is 718 g/mol. The fourth-order valence-electron chi connectivity index (χ4n) is 6.59. The number of methoxy groups -OCH3 is 1. The van der Waals surface area contributed by atoms with Gasteiger partial charge in [-0.3, -0.25) is 28.7 Å². The number of anilines is 3. The lowest BCUT2D eigenvalue weighted by molar-refractivity contribution is -0.116. The predicted octanol–water partition coefficient (Wildman–Crippen LogP) is 4.99. The van der Waals surface area contributed by atoms with Crippen molar-refractivity contribution in [3.63, 3.8) is 0 Å². The molecule has 0 bridgehead atoms. The summed E-state index contributed by atoms with van der Waals surface area (Å²) in [5, 5.41) is 9.54. The van der Waals surface area contributed by atoms with Crippen LogP contribution in [0.1, 0.15) is 50.7 Å². The highest BCUT2D eigenvalue weighted by Gasteiger charge is 2.34. The second-order valence-electron chi connectivity index (χ2n) is 13.0. The van der Waals surface area contributed by atoms with Gasteiger partial charge in [-0.05, 0) is 49.2 Å². The first-order chi connectivity index (χ1) is 25.5. The molecule has 3 amide bonds. The monoisotopic (exact) mass is 717 g/mol. The summed E-state index contributed by atoms with van der Waals surface area (Å²) in [6.45, 7) is 4.71. The SMILES string of the molecule is C=C1C[C@H]2C=Nc3cc(OCCCC(=O)Nc4cn(C)c(C(=O)Nc5cc(C(=O)n6ccc7cc(NC)ccc76)n(C)c5)n4)c(OC)cc3C(=O)N2C1. The Kier molecular flexibility index (Phi) is 9.30. The average Bonchev–Trinajstić information content (AvgIpc) is 3.91. The first kappa shape index (κ1) is 34.8. The fraction of sp³-hybridized carbons (Fsp3) is 0.263. The molecule has 3 aromatic heterocycles. The molecule has 0 saturated carbocycles. The highest BCUT2D eigenvalue weighted by molar-refractivity contribution is 6.06. The van der Waals surface area contributed by atoms with Crippen molar-refractivity contribution in [1.29, 1.82) is 0 Å². The number of nitrogens with zero attached hydrogens (tertiary/aromatic N) is 6. The second-order valence-corrected chi connectivity index (χ2v) is 13.0. The van der Waals surface area contributed by atoms with Crippen molar-refractivity contribution in [3.05, 3.63) is 90.3 Å². The van der Waals surface area contributed by atoms with Gasteiger partial charge in [0.1, 0.15) is 5.69 Å². The molecule has 0 unspecified atom stereocenters. The lowest BCUT2D eigenvalue weighted by Gasteiger charge is -2.20. The minimum atomic E-state index is -0.511. The van der Waals surface area contributed by atoms with Crippen LogP contribution < -0.4 is 25.4 Å². The Morgan fingerprint density at radius 2 is 1.83 bits per heavy atom. The quantitative estimate of drug-likeness (QED) is 0.127. The maximum Gasteiger partial charge on any atom is 0.291 e. The van der Waals surface area contributed by atoms with Gasteiger partial charge in [0.2, 0.25) is 11.7 Å². The highest BCUT2D eigenvalue weighted by atomic mass is 16.5. The van der Waals surface area contributed by atoms with Gasteiger partial charge in [0.15, 0.2) is 17.3 Å². The third-order valence-corrected chi connectivity index (χ3v) is 9.28. The molecular weight excluding hydrogens is 678 g/mol. The maximum atomic E-state index is 13.5. The highest BCUT2D eigenvalue weighted by Crippen LogP contribution is 2.38. The molecule has 0 aliphatic carbocycles. The number of benzene rings is 2. The van der Waals surface area contributed by atoms with Crippen molar-refractivity contribution in [3.8, 4) is 11.5 Å². The number of amides is 3. The number of carbonyl (C=O) groups is 4. The molecule has 1 saturated heterocycles. The zero-order valence-corrected chi connectivity index (χ0v) is 29.8. The second kappa shape index (κ2) is 14.2. The Labute approximate surface area is 304 Å².